The van der Waals surface area contributed by atoms with Crippen LogP contribution in [0.2, 0.25) is 0 Å². The Hall–Kier alpha value is -0.0400. The fraction of sp³-hybridized carbons (Fsp3) is 1.00. The normalized spacial score (nSPS) is 29.5. The van der Waals surface area contributed by atoms with E-state index in [0.29, 0.717) is 0 Å². The molecule has 1 nitrogen and oxygen atoms in total. The largest absolute Gasteiger partial charge is 0.381 e. The monoisotopic (exact) mass is 158 g/mol. The average molecular weight is 158 g/mol. The van der Waals surface area contributed by atoms with Gasteiger partial charge in [-0.3, -0.25) is 0 Å². The van der Waals surface area contributed by atoms with Gasteiger partial charge in [-0.2, -0.15) is 0 Å². The summed E-state index contributed by atoms with van der Waals surface area (Å²) in [5, 5.41) is 0. The summed E-state index contributed by atoms with van der Waals surface area (Å²) in [6.07, 6.45) is 2.65. The van der Waals surface area contributed by atoms with E-state index in [0.717, 1.165) is 25.0 Å². The Morgan fingerprint density at radius 3 is 2.27 bits per heavy atom. The minimum atomic E-state index is 0.810. The first-order valence-corrected chi connectivity index (χ1v) is 4.92. The van der Waals surface area contributed by atoms with E-state index >= 15 is 0 Å². The first kappa shape index (κ1) is 11.0. The lowest BCUT2D eigenvalue weighted by Gasteiger charge is -2.09. The fourth-order valence-corrected chi connectivity index (χ4v) is 1.44. The second-order valence-electron chi connectivity index (χ2n) is 3.06. The van der Waals surface area contributed by atoms with Gasteiger partial charge >= 0.3 is 0 Å². The maximum atomic E-state index is 5.32. The van der Waals surface area contributed by atoms with E-state index in [4.69, 9.17) is 4.74 Å². The van der Waals surface area contributed by atoms with Crippen molar-refractivity contribution >= 4 is 0 Å². The predicted molar refractivity (Wildman–Crippen MR) is 49.7 cm³/mol. The number of ether oxygens (including phenoxy) is 1. The molecule has 1 rings (SSSR count). The van der Waals surface area contributed by atoms with Crippen molar-refractivity contribution in [1.82, 2.24) is 0 Å². The Labute approximate surface area is 71.1 Å². The van der Waals surface area contributed by atoms with E-state index in [1.54, 1.807) is 0 Å². The summed E-state index contributed by atoms with van der Waals surface area (Å²) in [5.41, 5.74) is 0. The van der Waals surface area contributed by atoms with Crippen LogP contribution >= 0.6 is 0 Å². The summed E-state index contributed by atoms with van der Waals surface area (Å²) in [5.74, 6) is 1.67. The molecule has 1 heterocycles. The van der Waals surface area contributed by atoms with Gasteiger partial charge in [0.25, 0.3) is 0 Å². The molecule has 0 bridgehead atoms. The van der Waals surface area contributed by atoms with Crippen LogP contribution in [0.25, 0.3) is 0 Å². The van der Waals surface area contributed by atoms with Gasteiger partial charge < -0.3 is 4.74 Å². The molecule has 68 valence electrons. The molecule has 2 unspecified atom stereocenters. The highest BCUT2D eigenvalue weighted by Gasteiger charge is 2.22. The summed E-state index contributed by atoms with van der Waals surface area (Å²) in [6, 6.07) is 0. The second kappa shape index (κ2) is 6.66. The highest BCUT2D eigenvalue weighted by Crippen LogP contribution is 2.23. The van der Waals surface area contributed by atoms with Crippen LogP contribution in [-0.4, -0.2) is 13.2 Å². The van der Waals surface area contributed by atoms with Crippen molar-refractivity contribution in [3.05, 3.63) is 0 Å². The molecule has 0 aromatic carbocycles. The molecule has 1 heteroatoms. The van der Waals surface area contributed by atoms with Crippen molar-refractivity contribution in [2.45, 2.75) is 40.5 Å². The molecule has 0 aliphatic carbocycles. The Balaban J connectivity index is 0.000000461. The molecule has 2 atom stereocenters. The van der Waals surface area contributed by atoms with E-state index in [2.05, 4.69) is 13.8 Å². The SMILES string of the molecule is CC.CCCC1COCC1C. The molecule has 0 aromatic heterocycles. The molecule has 1 fully saturated rings. The smallest absolute Gasteiger partial charge is 0.0497 e. The van der Waals surface area contributed by atoms with Crippen molar-refractivity contribution in [3.8, 4) is 0 Å². The molecular weight excluding hydrogens is 136 g/mol. The third-order valence-electron chi connectivity index (χ3n) is 2.18. The van der Waals surface area contributed by atoms with Gasteiger partial charge in [0.15, 0.2) is 0 Å². The lowest BCUT2D eigenvalue weighted by Crippen LogP contribution is -2.07. The number of hydrogen-bond donors (Lipinski definition) is 0. The van der Waals surface area contributed by atoms with Crippen LogP contribution in [0.4, 0.5) is 0 Å². The lowest BCUT2D eigenvalue weighted by atomic mass is 9.94. The van der Waals surface area contributed by atoms with Gasteiger partial charge in [0.1, 0.15) is 0 Å². The van der Waals surface area contributed by atoms with Crippen LogP contribution in [0.3, 0.4) is 0 Å². The van der Waals surface area contributed by atoms with Crippen LogP contribution in [0, 0.1) is 11.8 Å². The molecule has 11 heavy (non-hydrogen) atoms. The van der Waals surface area contributed by atoms with E-state index in [9.17, 15) is 0 Å². The van der Waals surface area contributed by atoms with E-state index in [-0.39, 0.29) is 0 Å². The molecule has 1 aliphatic heterocycles. The zero-order valence-electron chi connectivity index (χ0n) is 8.39. The Morgan fingerprint density at radius 2 is 1.91 bits per heavy atom. The average Bonchev–Trinajstić information content (AvgIpc) is 2.42. The van der Waals surface area contributed by atoms with E-state index in [1.165, 1.54) is 12.8 Å². The van der Waals surface area contributed by atoms with Crippen molar-refractivity contribution in [3.63, 3.8) is 0 Å². The van der Waals surface area contributed by atoms with Gasteiger partial charge in [-0.25, -0.2) is 0 Å². The molecule has 1 aliphatic rings. The van der Waals surface area contributed by atoms with Crippen LogP contribution in [0.1, 0.15) is 40.5 Å². The highest BCUT2D eigenvalue weighted by molar-refractivity contribution is 4.70. The molecule has 0 saturated carbocycles. The van der Waals surface area contributed by atoms with E-state index in [1.807, 2.05) is 13.8 Å². The molecule has 0 radical (unpaired) electrons. The van der Waals surface area contributed by atoms with Crippen LogP contribution in [0.15, 0.2) is 0 Å². The Kier molecular flexibility index (Phi) is 6.63. The molecule has 0 N–H and O–H groups in total. The minimum absolute atomic E-state index is 0.810. The van der Waals surface area contributed by atoms with Gasteiger partial charge in [0, 0.05) is 13.2 Å². The van der Waals surface area contributed by atoms with Crippen molar-refractivity contribution in [2.24, 2.45) is 11.8 Å². The molecule has 1 saturated heterocycles. The zero-order chi connectivity index (χ0) is 8.69. The third kappa shape index (κ3) is 3.76. The zero-order valence-corrected chi connectivity index (χ0v) is 8.39. The summed E-state index contributed by atoms with van der Waals surface area (Å²) in [4.78, 5) is 0. The fourth-order valence-electron chi connectivity index (χ4n) is 1.44. The summed E-state index contributed by atoms with van der Waals surface area (Å²) in [7, 11) is 0. The van der Waals surface area contributed by atoms with Gasteiger partial charge in [-0.05, 0) is 18.3 Å². The number of hydrogen-bond acceptors (Lipinski definition) is 1. The van der Waals surface area contributed by atoms with Gasteiger partial charge in [-0.1, -0.05) is 34.1 Å². The number of rotatable bonds is 2. The summed E-state index contributed by atoms with van der Waals surface area (Å²) >= 11 is 0. The highest BCUT2D eigenvalue weighted by atomic mass is 16.5. The van der Waals surface area contributed by atoms with Crippen molar-refractivity contribution in [2.75, 3.05) is 13.2 Å². The molecule has 0 aromatic rings. The third-order valence-corrected chi connectivity index (χ3v) is 2.18. The standard InChI is InChI=1S/C8H16O.C2H6/c1-3-4-8-6-9-5-7(8)2;1-2/h7-8H,3-6H2,1-2H3;1-2H3. The first-order chi connectivity index (χ1) is 5.34. The summed E-state index contributed by atoms with van der Waals surface area (Å²) in [6.45, 7) is 10.5. The van der Waals surface area contributed by atoms with Crippen molar-refractivity contribution in [1.29, 1.82) is 0 Å². The van der Waals surface area contributed by atoms with Crippen LogP contribution in [0.5, 0.6) is 0 Å². The van der Waals surface area contributed by atoms with Crippen LogP contribution < -0.4 is 0 Å². The Bertz CT molecular complexity index is 80.9. The maximum Gasteiger partial charge on any atom is 0.0497 e. The first-order valence-electron chi connectivity index (χ1n) is 4.92. The molecule has 0 amide bonds. The van der Waals surface area contributed by atoms with Gasteiger partial charge in [0.2, 0.25) is 0 Å². The minimum Gasteiger partial charge on any atom is -0.381 e. The lowest BCUT2D eigenvalue weighted by molar-refractivity contribution is 0.180. The van der Waals surface area contributed by atoms with E-state index < -0.39 is 0 Å². The summed E-state index contributed by atoms with van der Waals surface area (Å²) < 4.78 is 5.32. The van der Waals surface area contributed by atoms with Gasteiger partial charge in [-0.15, -0.1) is 0 Å². The predicted octanol–water partition coefficient (Wildman–Crippen LogP) is 3.10. The molecule has 0 spiro atoms. The van der Waals surface area contributed by atoms with Gasteiger partial charge in [0.05, 0.1) is 0 Å². The Morgan fingerprint density at radius 1 is 1.27 bits per heavy atom. The van der Waals surface area contributed by atoms with Crippen LogP contribution in [-0.2, 0) is 4.74 Å². The second-order valence-corrected chi connectivity index (χ2v) is 3.06. The topological polar surface area (TPSA) is 9.23 Å². The van der Waals surface area contributed by atoms with Crippen molar-refractivity contribution < 1.29 is 4.74 Å². The maximum absolute atomic E-state index is 5.32. The molecular formula is C10H22O. The quantitative estimate of drug-likeness (QED) is 0.600.